The Morgan fingerprint density at radius 3 is 1.32 bits per heavy atom. The highest BCUT2D eigenvalue weighted by Gasteiger charge is 2.12. The predicted molar refractivity (Wildman–Crippen MR) is 107 cm³/mol. The molecule has 1 nitrogen and oxygen atoms in total. The van der Waals surface area contributed by atoms with Gasteiger partial charge >= 0.3 is 0 Å². The van der Waals surface area contributed by atoms with Crippen LogP contribution in [0.4, 0.5) is 0 Å². The molecule has 0 N–H and O–H groups in total. The van der Waals surface area contributed by atoms with Gasteiger partial charge in [0.05, 0.1) is 27.2 Å². The van der Waals surface area contributed by atoms with Crippen molar-refractivity contribution in [2.24, 2.45) is 0 Å². The van der Waals surface area contributed by atoms with Crippen molar-refractivity contribution in [2.75, 3.05) is 27.2 Å². The molecule has 0 bridgehead atoms. The summed E-state index contributed by atoms with van der Waals surface area (Å²) >= 11 is 0. The van der Waals surface area contributed by atoms with E-state index >= 15 is 0 Å². The van der Waals surface area contributed by atoms with Gasteiger partial charge in [-0.25, -0.2) is 0 Å². The van der Waals surface area contributed by atoms with Crippen molar-refractivity contribution < 1.29 is 4.48 Å². The van der Waals surface area contributed by atoms with E-state index < -0.39 is 0 Å². The van der Waals surface area contributed by atoms with Crippen LogP contribution in [0.25, 0.3) is 0 Å². The Hall–Kier alpha value is 0.177. The molecule has 22 heavy (non-hydrogen) atoms. The molecule has 0 atom stereocenters. The van der Waals surface area contributed by atoms with Gasteiger partial charge in [-0.1, -0.05) is 83.6 Å². The van der Waals surface area contributed by atoms with Crippen LogP contribution < -0.4 is 0 Å². The SMILES string of the molecule is CCCCCCCCCCCCCCC[N+](C)(C)CCC[SiH3]. The van der Waals surface area contributed by atoms with Crippen LogP contribution >= 0.6 is 0 Å². The molecule has 0 radical (unpaired) electrons. The second-order valence-corrected chi connectivity index (χ2v) is 8.98. The summed E-state index contributed by atoms with van der Waals surface area (Å²) in [4.78, 5) is 0. The maximum absolute atomic E-state index is 2.41. The van der Waals surface area contributed by atoms with Crippen molar-refractivity contribution in [2.45, 2.75) is 103 Å². The Balaban J connectivity index is 3.17. The highest BCUT2D eigenvalue weighted by atomic mass is 28.1. The normalized spacial score (nSPS) is 12.1. The molecule has 0 aliphatic heterocycles. The zero-order valence-electron chi connectivity index (χ0n) is 16.5. The van der Waals surface area contributed by atoms with Crippen LogP contribution in [0.5, 0.6) is 0 Å². The van der Waals surface area contributed by atoms with Crippen LogP contribution in [0.1, 0.15) is 96.8 Å². The lowest BCUT2D eigenvalue weighted by atomic mass is 10.0. The average molecular weight is 329 g/mol. The monoisotopic (exact) mass is 328 g/mol. The lowest BCUT2D eigenvalue weighted by Gasteiger charge is -2.29. The zero-order valence-corrected chi connectivity index (χ0v) is 18.5. The Bertz CT molecular complexity index is 216. The van der Waals surface area contributed by atoms with E-state index in [0.717, 1.165) is 0 Å². The second kappa shape index (κ2) is 16.0. The minimum atomic E-state index is 1.25. The first-order chi connectivity index (χ1) is 10.6. The molecule has 0 heterocycles. The van der Waals surface area contributed by atoms with Crippen LogP contribution in [-0.2, 0) is 0 Å². The van der Waals surface area contributed by atoms with E-state index in [-0.39, 0.29) is 0 Å². The highest BCUT2D eigenvalue weighted by molar-refractivity contribution is 6.08. The second-order valence-electron chi connectivity index (χ2n) is 7.98. The minimum Gasteiger partial charge on any atom is -0.328 e. The third-order valence-corrected chi connectivity index (χ3v) is 5.69. The van der Waals surface area contributed by atoms with Gasteiger partial charge in [0, 0.05) is 10.2 Å². The molecule has 0 fully saturated rings. The fourth-order valence-corrected chi connectivity index (χ4v) is 3.57. The molecular weight excluding hydrogens is 282 g/mol. The number of rotatable bonds is 17. The van der Waals surface area contributed by atoms with Gasteiger partial charge in [-0.3, -0.25) is 0 Å². The summed E-state index contributed by atoms with van der Waals surface area (Å²) in [6, 6.07) is 1.47. The van der Waals surface area contributed by atoms with Gasteiger partial charge in [-0.2, -0.15) is 0 Å². The number of hydrogen-bond acceptors (Lipinski definition) is 0. The summed E-state index contributed by atoms with van der Waals surface area (Å²) in [5, 5.41) is 0. The standard InChI is InChI=1S/C20H46NSi/c1-4-5-6-7-8-9-10-11-12-13-14-15-16-18-21(2,3)19-17-20-22/h4-20H2,1-3,22H3/q+1. The maximum atomic E-state index is 2.41. The van der Waals surface area contributed by atoms with Crippen LogP contribution in [0, 0.1) is 0 Å². The van der Waals surface area contributed by atoms with Crippen LogP contribution in [-0.4, -0.2) is 41.9 Å². The molecular formula is C20H46NSi+. The van der Waals surface area contributed by atoms with Crippen molar-refractivity contribution in [3.05, 3.63) is 0 Å². The molecule has 0 amide bonds. The van der Waals surface area contributed by atoms with E-state index in [1.165, 1.54) is 124 Å². The van der Waals surface area contributed by atoms with E-state index in [2.05, 4.69) is 21.0 Å². The highest BCUT2D eigenvalue weighted by Crippen LogP contribution is 2.13. The summed E-state index contributed by atoms with van der Waals surface area (Å²) in [6.45, 7) is 5.08. The zero-order chi connectivity index (χ0) is 16.5. The molecule has 0 aromatic rings. The predicted octanol–water partition coefficient (Wildman–Crippen LogP) is 5.33. The fourth-order valence-electron chi connectivity index (χ4n) is 3.26. The topological polar surface area (TPSA) is 0 Å². The molecule has 0 rings (SSSR count). The van der Waals surface area contributed by atoms with Gasteiger partial charge in [0.2, 0.25) is 0 Å². The Morgan fingerprint density at radius 2 is 0.909 bits per heavy atom. The lowest BCUT2D eigenvalue weighted by Crippen LogP contribution is -2.41. The molecule has 0 aromatic heterocycles. The van der Waals surface area contributed by atoms with Crippen LogP contribution in [0.15, 0.2) is 0 Å². The van der Waals surface area contributed by atoms with Gasteiger partial charge in [0.15, 0.2) is 0 Å². The molecule has 0 saturated carbocycles. The van der Waals surface area contributed by atoms with E-state index in [1.54, 1.807) is 0 Å². The summed E-state index contributed by atoms with van der Waals surface area (Å²) in [6.07, 6.45) is 20.4. The van der Waals surface area contributed by atoms with Gasteiger partial charge < -0.3 is 4.48 Å². The van der Waals surface area contributed by atoms with Crippen molar-refractivity contribution in [1.82, 2.24) is 0 Å². The van der Waals surface area contributed by atoms with Crippen molar-refractivity contribution in [3.63, 3.8) is 0 Å². The van der Waals surface area contributed by atoms with E-state index in [0.29, 0.717) is 0 Å². The molecule has 0 spiro atoms. The Labute approximate surface area is 145 Å². The molecule has 0 saturated heterocycles. The number of unbranched alkanes of at least 4 members (excludes halogenated alkanes) is 12. The molecule has 0 aromatic carbocycles. The smallest absolute Gasteiger partial charge is 0.0782 e. The third kappa shape index (κ3) is 16.5. The molecule has 2 heteroatoms. The van der Waals surface area contributed by atoms with Crippen molar-refractivity contribution in [1.29, 1.82) is 0 Å². The largest absolute Gasteiger partial charge is 0.328 e. The lowest BCUT2D eigenvalue weighted by molar-refractivity contribution is -0.890. The van der Waals surface area contributed by atoms with E-state index in [1.807, 2.05) is 0 Å². The fraction of sp³-hybridized carbons (Fsp3) is 1.00. The summed E-state index contributed by atoms with van der Waals surface area (Å²) in [5.74, 6) is 0. The van der Waals surface area contributed by atoms with Crippen LogP contribution in [0.2, 0.25) is 6.04 Å². The summed E-state index contributed by atoms with van der Waals surface area (Å²) < 4.78 is 1.25. The molecule has 134 valence electrons. The first-order valence-electron chi connectivity index (χ1n) is 10.4. The summed E-state index contributed by atoms with van der Waals surface area (Å²) in [7, 11) is 6.21. The molecule has 0 unspecified atom stereocenters. The summed E-state index contributed by atoms with van der Waals surface area (Å²) in [5.41, 5.74) is 0. The first-order valence-corrected chi connectivity index (χ1v) is 11.9. The number of quaternary nitrogens is 1. The third-order valence-electron chi connectivity index (χ3n) is 4.98. The first kappa shape index (κ1) is 22.2. The van der Waals surface area contributed by atoms with E-state index in [4.69, 9.17) is 0 Å². The van der Waals surface area contributed by atoms with E-state index in [9.17, 15) is 0 Å². The Kier molecular flexibility index (Phi) is 16.2. The molecule has 0 aliphatic rings. The quantitative estimate of drug-likeness (QED) is 0.192. The number of nitrogens with zero attached hydrogens (tertiary/aromatic N) is 1. The number of hydrogen-bond donors (Lipinski definition) is 0. The van der Waals surface area contributed by atoms with Gasteiger partial charge in [0.25, 0.3) is 0 Å². The average Bonchev–Trinajstić information content (AvgIpc) is 2.50. The minimum absolute atomic E-state index is 1.25. The van der Waals surface area contributed by atoms with Gasteiger partial charge in [-0.15, -0.1) is 0 Å². The van der Waals surface area contributed by atoms with Crippen molar-refractivity contribution >= 4 is 10.2 Å². The maximum Gasteiger partial charge on any atom is 0.0782 e. The Morgan fingerprint density at radius 1 is 0.545 bits per heavy atom. The van der Waals surface area contributed by atoms with Gasteiger partial charge in [0.1, 0.15) is 0 Å². The van der Waals surface area contributed by atoms with Crippen LogP contribution in [0.3, 0.4) is 0 Å². The van der Waals surface area contributed by atoms with Gasteiger partial charge in [-0.05, 0) is 19.3 Å². The molecule has 0 aliphatic carbocycles. The van der Waals surface area contributed by atoms with Crippen molar-refractivity contribution in [3.8, 4) is 0 Å².